The van der Waals surface area contributed by atoms with Gasteiger partial charge < -0.3 is 14.6 Å². The van der Waals surface area contributed by atoms with Gasteiger partial charge in [0.15, 0.2) is 0 Å². The lowest BCUT2D eigenvalue weighted by molar-refractivity contribution is 0.303. The molecule has 2 aromatic rings. The summed E-state index contributed by atoms with van der Waals surface area (Å²) in [5.74, 6) is 1.70. The van der Waals surface area contributed by atoms with Gasteiger partial charge in [-0.05, 0) is 49.2 Å². The SMILES string of the molecule is CCCCCCOc1ccc(C=Nc2ccc(OCCC)cc2)c(O)c1. The van der Waals surface area contributed by atoms with E-state index >= 15 is 0 Å². The summed E-state index contributed by atoms with van der Waals surface area (Å²) < 4.78 is 11.2. The van der Waals surface area contributed by atoms with Gasteiger partial charge in [0.1, 0.15) is 17.2 Å². The molecule has 0 spiro atoms. The zero-order chi connectivity index (χ0) is 18.6. The van der Waals surface area contributed by atoms with E-state index in [1.165, 1.54) is 19.3 Å². The normalized spacial score (nSPS) is 11.0. The van der Waals surface area contributed by atoms with E-state index in [2.05, 4.69) is 18.8 Å². The van der Waals surface area contributed by atoms with Crippen molar-refractivity contribution in [3.05, 3.63) is 48.0 Å². The Kier molecular flexibility index (Phi) is 8.53. The third-order valence-electron chi connectivity index (χ3n) is 3.93. The number of hydrogen-bond donors (Lipinski definition) is 1. The van der Waals surface area contributed by atoms with Crippen LogP contribution in [0.15, 0.2) is 47.5 Å². The van der Waals surface area contributed by atoms with Crippen LogP contribution < -0.4 is 9.47 Å². The molecule has 2 aromatic carbocycles. The lowest BCUT2D eigenvalue weighted by atomic mass is 10.2. The van der Waals surface area contributed by atoms with Gasteiger partial charge >= 0.3 is 0 Å². The summed E-state index contributed by atoms with van der Waals surface area (Å²) in [6.45, 7) is 5.66. The highest BCUT2D eigenvalue weighted by Crippen LogP contribution is 2.24. The van der Waals surface area contributed by atoms with Gasteiger partial charge in [0.25, 0.3) is 0 Å². The molecule has 0 unspecified atom stereocenters. The maximum Gasteiger partial charge on any atom is 0.128 e. The summed E-state index contributed by atoms with van der Waals surface area (Å²) >= 11 is 0. The van der Waals surface area contributed by atoms with E-state index in [1.54, 1.807) is 12.3 Å². The van der Waals surface area contributed by atoms with Crippen LogP contribution in [-0.2, 0) is 0 Å². The molecule has 2 rings (SSSR count). The summed E-state index contributed by atoms with van der Waals surface area (Å²) in [5, 5.41) is 10.2. The molecule has 0 radical (unpaired) electrons. The fourth-order valence-corrected chi connectivity index (χ4v) is 2.43. The third kappa shape index (κ3) is 6.79. The van der Waals surface area contributed by atoms with Crippen molar-refractivity contribution in [3.63, 3.8) is 0 Å². The zero-order valence-electron chi connectivity index (χ0n) is 15.8. The van der Waals surface area contributed by atoms with Gasteiger partial charge in [0, 0.05) is 17.8 Å². The number of phenols is 1. The van der Waals surface area contributed by atoms with E-state index in [0.29, 0.717) is 24.5 Å². The van der Waals surface area contributed by atoms with E-state index in [-0.39, 0.29) is 5.75 Å². The van der Waals surface area contributed by atoms with Gasteiger partial charge in [-0.25, -0.2) is 0 Å². The summed E-state index contributed by atoms with van der Waals surface area (Å²) in [7, 11) is 0. The van der Waals surface area contributed by atoms with Crippen LogP contribution in [0.4, 0.5) is 5.69 Å². The Morgan fingerprint density at radius 1 is 0.846 bits per heavy atom. The van der Waals surface area contributed by atoms with Crippen LogP contribution in [0.1, 0.15) is 51.5 Å². The van der Waals surface area contributed by atoms with Crippen molar-refractivity contribution in [3.8, 4) is 17.2 Å². The van der Waals surface area contributed by atoms with Gasteiger partial charge in [-0.2, -0.15) is 0 Å². The number of aromatic hydroxyl groups is 1. The van der Waals surface area contributed by atoms with E-state index in [4.69, 9.17) is 9.47 Å². The summed E-state index contributed by atoms with van der Waals surface area (Å²) in [6.07, 6.45) is 7.30. The third-order valence-corrected chi connectivity index (χ3v) is 3.93. The second-order valence-electron chi connectivity index (χ2n) is 6.23. The molecule has 1 N–H and O–H groups in total. The van der Waals surface area contributed by atoms with Crippen LogP contribution in [0.3, 0.4) is 0 Å². The first-order chi connectivity index (χ1) is 12.7. The minimum absolute atomic E-state index is 0.169. The molecule has 0 saturated carbocycles. The predicted octanol–water partition coefficient (Wildman–Crippen LogP) is 5.89. The molecule has 0 saturated heterocycles. The molecule has 0 bridgehead atoms. The number of ether oxygens (including phenoxy) is 2. The molecule has 0 aliphatic rings. The number of phenolic OH excluding ortho intramolecular Hbond substituents is 1. The fourth-order valence-electron chi connectivity index (χ4n) is 2.43. The summed E-state index contributed by atoms with van der Waals surface area (Å²) in [6, 6.07) is 12.9. The molecular weight excluding hydrogens is 326 g/mol. The molecule has 0 heterocycles. The van der Waals surface area contributed by atoms with Gasteiger partial charge in [0.05, 0.1) is 18.9 Å². The Morgan fingerprint density at radius 2 is 1.58 bits per heavy atom. The Hall–Kier alpha value is -2.49. The monoisotopic (exact) mass is 355 g/mol. The smallest absolute Gasteiger partial charge is 0.128 e. The highest BCUT2D eigenvalue weighted by atomic mass is 16.5. The Balaban J connectivity index is 1.89. The number of aliphatic imine (C=N–C) groups is 1. The van der Waals surface area contributed by atoms with E-state index < -0.39 is 0 Å². The van der Waals surface area contributed by atoms with Gasteiger partial charge in [0.2, 0.25) is 0 Å². The Morgan fingerprint density at radius 3 is 2.27 bits per heavy atom. The molecule has 26 heavy (non-hydrogen) atoms. The molecule has 4 nitrogen and oxygen atoms in total. The van der Waals surface area contributed by atoms with Crippen molar-refractivity contribution in [1.82, 2.24) is 0 Å². The quantitative estimate of drug-likeness (QED) is 0.404. The lowest BCUT2D eigenvalue weighted by Gasteiger charge is -2.07. The first-order valence-electron chi connectivity index (χ1n) is 9.45. The maximum atomic E-state index is 10.2. The van der Waals surface area contributed by atoms with Gasteiger partial charge in [-0.1, -0.05) is 33.1 Å². The largest absolute Gasteiger partial charge is 0.507 e. The number of unbranched alkanes of at least 4 members (excludes halogenated alkanes) is 3. The summed E-state index contributed by atoms with van der Waals surface area (Å²) in [4.78, 5) is 4.40. The standard InChI is InChI=1S/C22H29NO3/c1-3-5-6-7-15-26-21-11-8-18(22(24)16-21)17-23-19-9-12-20(13-10-19)25-14-4-2/h8-13,16-17,24H,3-7,14-15H2,1-2H3. The van der Waals surface area contributed by atoms with Crippen LogP contribution in [-0.4, -0.2) is 24.5 Å². The highest BCUT2D eigenvalue weighted by Gasteiger charge is 2.02. The van der Waals surface area contributed by atoms with E-state index in [9.17, 15) is 5.11 Å². The van der Waals surface area contributed by atoms with E-state index in [1.807, 2.05) is 36.4 Å². The zero-order valence-corrected chi connectivity index (χ0v) is 15.8. The molecule has 0 aliphatic carbocycles. The number of rotatable bonds is 11. The molecule has 0 aliphatic heterocycles. The Bertz CT molecular complexity index is 680. The van der Waals surface area contributed by atoms with Crippen molar-refractivity contribution in [1.29, 1.82) is 0 Å². The molecular formula is C22H29NO3. The molecule has 0 aromatic heterocycles. The first kappa shape index (κ1) is 19.8. The van der Waals surface area contributed by atoms with Crippen molar-refractivity contribution in [2.45, 2.75) is 46.0 Å². The number of nitrogens with zero attached hydrogens (tertiary/aromatic N) is 1. The van der Waals surface area contributed by atoms with Crippen molar-refractivity contribution >= 4 is 11.9 Å². The molecule has 140 valence electrons. The minimum atomic E-state index is 0.169. The van der Waals surface area contributed by atoms with Crippen LogP contribution in [0.25, 0.3) is 0 Å². The second-order valence-corrected chi connectivity index (χ2v) is 6.23. The lowest BCUT2D eigenvalue weighted by Crippen LogP contribution is -1.97. The molecule has 0 atom stereocenters. The second kappa shape index (κ2) is 11.2. The average molecular weight is 355 g/mol. The van der Waals surface area contributed by atoms with E-state index in [0.717, 1.165) is 24.3 Å². The van der Waals surface area contributed by atoms with Crippen LogP contribution in [0.2, 0.25) is 0 Å². The number of hydrogen-bond acceptors (Lipinski definition) is 4. The molecule has 0 amide bonds. The van der Waals surface area contributed by atoms with Crippen LogP contribution >= 0.6 is 0 Å². The summed E-state index contributed by atoms with van der Waals surface area (Å²) in [5.41, 5.74) is 1.47. The minimum Gasteiger partial charge on any atom is -0.507 e. The van der Waals surface area contributed by atoms with Crippen LogP contribution in [0, 0.1) is 0 Å². The highest BCUT2D eigenvalue weighted by molar-refractivity contribution is 5.85. The van der Waals surface area contributed by atoms with Crippen LogP contribution in [0.5, 0.6) is 17.2 Å². The van der Waals surface area contributed by atoms with Gasteiger partial charge in [-0.3, -0.25) is 4.99 Å². The fraction of sp³-hybridized carbons (Fsp3) is 0.409. The Labute approximate surface area is 156 Å². The molecule has 0 fully saturated rings. The topological polar surface area (TPSA) is 51.0 Å². The molecule has 4 heteroatoms. The average Bonchev–Trinajstić information content (AvgIpc) is 2.66. The first-order valence-corrected chi connectivity index (χ1v) is 9.45. The predicted molar refractivity (Wildman–Crippen MR) is 107 cm³/mol. The number of benzene rings is 2. The van der Waals surface area contributed by atoms with Crippen molar-refractivity contribution in [2.24, 2.45) is 4.99 Å². The van der Waals surface area contributed by atoms with Crippen molar-refractivity contribution < 1.29 is 14.6 Å². The van der Waals surface area contributed by atoms with Crippen molar-refractivity contribution in [2.75, 3.05) is 13.2 Å². The van der Waals surface area contributed by atoms with Gasteiger partial charge in [-0.15, -0.1) is 0 Å². The maximum absolute atomic E-state index is 10.2.